The summed E-state index contributed by atoms with van der Waals surface area (Å²) in [6.45, 7) is 2.82. The van der Waals surface area contributed by atoms with Gasteiger partial charge >= 0.3 is 6.03 Å². The molecular formula is C21H21ClN4O4S. The minimum absolute atomic E-state index is 0.207. The number of fused-ring (bicyclic) bond motifs is 1. The molecule has 4 rings (SSSR count). The van der Waals surface area contributed by atoms with Gasteiger partial charge in [-0.05, 0) is 41.5 Å². The Bertz CT molecular complexity index is 1080. The fraction of sp³-hybridized carbons (Fsp3) is 0.333. The van der Waals surface area contributed by atoms with Gasteiger partial charge in [-0.1, -0.05) is 23.7 Å². The molecule has 0 saturated carbocycles. The molecule has 3 heterocycles. The smallest absolute Gasteiger partial charge is 0.315 e. The van der Waals surface area contributed by atoms with E-state index in [1.165, 1.54) is 16.2 Å². The summed E-state index contributed by atoms with van der Waals surface area (Å²) in [5.74, 6) is -0.956. The van der Waals surface area contributed by atoms with Crippen molar-refractivity contribution in [2.24, 2.45) is 0 Å². The van der Waals surface area contributed by atoms with Crippen LogP contribution in [0.15, 0.2) is 23.6 Å². The van der Waals surface area contributed by atoms with E-state index in [0.29, 0.717) is 29.4 Å². The van der Waals surface area contributed by atoms with Crippen LogP contribution in [0.5, 0.6) is 0 Å². The summed E-state index contributed by atoms with van der Waals surface area (Å²) in [5.41, 5.74) is 3.54. The average molecular weight is 461 g/mol. The molecule has 2 aliphatic rings. The normalized spacial score (nSPS) is 18.1. The number of piperidine rings is 1. The molecule has 1 fully saturated rings. The van der Waals surface area contributed by atoms with Crippen molar-refractivity contribution in [2.45, 2.75) is 45.4 Å². The Morgan fingerprint density at radius 2 is 2.03 bits per heavy atom. The number of thiophene rings is 1. The second-order valence-corrected chi connectivity index (χ2v) is 8.88. The van der Waals surface area contributed by atoms with Crippen LogP contribution >= 0.6 is 22.9 Å². The summed E-state index contributed by atoms with van der Waals surface area (Å²) >= 11 is 7.41. The molecule has 2 aliphatic heterocycles. The lowest BCUT2D eigenvalue weighted by Gasteiger charge is -2.29. The van der Waals surface area contributed by atoms with E-state index < -0.39 is 11.9 Å². The van der Waals surface area contributed by atoms with Gasteiger partial charge in [0.15, 0.2) is 0 Å². The predicted octanol–water partition coefficient (Wildman–Crippen LogP) is 2.47. The molecule has 0 bridgehead atoms. The highest BCUT2D eigenvalue weighted by Crippen LogP contribution is 2.34. The van der Waals surface area contributed by atoms with Crippen molar-refractivity contribution < 1.29 is 19.2 Å². The molecule has 0 aliphatic carbocycles. The Hall–Kier alpha value is -2.91. The van der Waals surface area contributed by atoms with Gasteiger partial charge in [0.05, 0.1) is 4.88 Å². The number of aryl methyl sites for hydroxylation is 1. The molecule has 8 nitrogen and oxygen atoms in total. The first kappa shape index (κ1) is 21.3. The minimum Gasteiger partial charge on any atom is -0.334 e. The Labute approximate surface area is 187 Å². The predicted molar refractivity (Wildman–Crippen MR) is 116 cm³/mol. The summed E-state index contributed by atoms with van der Waals surface area (Å²) in [6, 6.07) is 4.65. The molecule has 1 atom stereocenters. The van der Waals surface area contributed by atoms with Gasteiger partial charge < -0.3 is 15.5 Å². The van der Waals surface area contributed by atoms with Gasteiger partial charge in [0.1, 0.15) is 6.04 Å². The van der Waals surface area contributed by atoms with Crippen LogP contribution in [-0.2, 0) is 29.2 Å². The maximum Gasteiger partial charge on any atom is 0.315 e. The zero-order valence-corrected chi connectivity index (χ0v) is 18.4. The van der Waals surface area contributed by atoms with Gasteiger partial charge in [-0.2, -0.15) is 0 Å². The molecule has 1 aromatic heterocycles. The maximum absolute atomic E-state index is 12.7. The number of imide groups is 1. The highest BCUT2D eigenvalue weighted by atomic mass is 35.5. The topological polar surface area (TPSA) is 108 Å². The Kier molecular flexibility index (Phi) is 5.97. The fourth-order valence-corrected chi connectivity index (χ4v) is 4.93. The van der Waals surface area contributed by atoms with Crippen molar-refractivity contribution in [1.82, 2.24) is 20.9 Å². The molecule has 0 spiro atoms. The number of hydrogen-bond acceptors (Lipinski definition) is 5. The molecule has 3 N–H and O–H groups in total. The van der Waals surface area contributed by atoms with E-state index in [1.807, 2.05) is 30.5 Å². The quantitative estimate of drug-likeness (QED) is 0.595. The summed E-state index contributed by atoms with van der Waals surface area (Å²) in [5, 5.41) is 10.4. The van der Waals surface area contributed by atoms with Crippen LogP contribution in [0.2, 0.25) is 5.02 Å². The standard InChI is InChI=1S/C21H21ClN4O4S/c1-11-2-3-12(6-15(11)22)7-23-21(30)24-8-13-10-31-18-14(13)9-26(20(18)29)16-4-5-17(27)25-19(16)28/h2-3,6,10,16H,4-5,7-9H2,1H3,(H2,23,24,30)(H,25,27,28). The Morgan fingerprint density at radius 3 is 2.77 bits per heavy atom. The molecular weight excluding hydrogens is 440 g/mol. The number of urea groups is 1. The maximum atomic E-state index is 12.7. The third-order valence-corrected chi connectivity index (χ3v) is 6.95. The third-order valence-electron chi connectivity index (χ3n) is 5.48. The van der Waals surface area contributed by atoms with Crippen LogP contribution in [0.1, 0.15) is 44.8 Å². The number of rotatable bonds is 5. The molecule has 1 saturated heterocycles. The lowest BCUT2D eigenvalue weighted by molar-refractivity contribution is -0.136. The number of carbonyl (C=O) groups excluding carboxylic acids is 4. The van der Waals surface area contributed by atoms with Crippen LogP contribution in [0.25, 0.3) is 0 Å². The van der Waals surface area contributed by atoms with E-state index >= 15 is 0 Å². The monoisotopic (exact) mass is 460 g/mol. The number of hydrogen-bond donors (Lipinski definition) is 3. The summed E-state index contributed by atoms with van der Waals surface area (Å²) in [7, 11) is 0. The van der Waals surface area contributed by atoms with Gasteiger partial charge in [0.2, 0.25) is 11.8 Å². The fourth-order valence-electron chi connectivity index (χ4n) is 3.69. The molecule has 1 aromatic carbocycles. The molecule has 2 aromatic rings. The first-order chi connectivity index (χ1) is 14.8. The SMILES string of the molecule is Cc1ccc(CNC(=O)NCc2csc3c2CN(C2CCC(=O)NC2=O)C3=O)cc1Cl. The second-order valence-electron chi connectivity index (χ2n) is 7.59. The molecule has 162 valence electrons. The number of nitrogens with one attached hydrogen (secondary N) is 3. The Balaban J connectivity index is 1.33. The van der Waals surface area contributed by atoms with Crippen LogP contribution in [0.3, 0.4) is 0 Å². The van der Waals surface area contributed by atoms with E-state index in [9.17, 15) is 19.2 Å². The zero-order chi connectivity index (χ0) is 22.1. The molecule has 1 unspecified atom stereocenters. The highest BCUT2D eigenvalue weighted by molar-refractivity contribution is 7.12. The number of carbonyl (C=O) groups is 4. The van der Waals surface area contributed by atoms with Gasteiger partial charge in [-0.3, -0.25) is 19.7 Å². The molecule has 5 amide bonds. The number of halogens is 1. The average Bonchev–Trinajstić information content (AvgIpc) is 3.27. The van der Waals surface area contributed by atoms with Crippen molar-refractivity contribution in [2.75, 3.05) is 0 Å². The Morgan fingerprint density at radius 1 is 1.26 bits per heavy atom. The number of benzene rings is 1. The second kappa shape index (κ2) is 8.68. The lowest BCUT2D eigenvalue weighted by Crippen LogP contribution is -2.52. The van der Waals surface area contributed by atoms with E-state index in [-0.39, 0.29) is 30.8 Å². The zero-order valence-electron chi connectivity index (χ0n) is 16.8. The lowest BCUT2D eigenvalue weighted by atomic mass is 10.0. The van der Waals surface area contributed by atoms with Gasteiger partial charge in [0.25, 0.3) is 5.91 Å². The van der Waals surface area contributed by atoms with Crippen LogP contribution in [0.4, 0.5) is 4.79 Å². The number of amides is 5. The molecule has 0 radical (unpaired) electrons. The van der Waals surface area contributed by atoms with Gasteiger partial charge in [0, 0.05) is 36.6 Å². The van der Waals surface area contributed by atoms with E-state index in [4.69, 9.17) is 11.6 Å². The van der Waals surface area contributed by atoms with Gasteiger partial charge in [-0.25, -0.2) is 4.79 Å². The first-order valence-corrected chi connectivity index (χ1v) is 11.1. The van der Waals surface area contributed by atoms with Crippen LogP contribution in [-0.4, -0.2) is 34.7 Å². The molecule has 10 heteroatoms. The summed E-state index contributed by atoms with van der Waals surface area (Å²) in [6.07, 6.45) is 0.541. The highest BCUT2D eigenvalue weighted by Gasteiger charge is 2.40. The van der Waals surface area contributed by atoms with Crippen molar-refractivity contribution in [3.8, 4) is 0 Å². The van der Waals surface area contributed by atoms with Crippen molar-refractivity contribution in [1.29, 1.82) is 0 Å². The van der Waals surface area contributed by atoms with E-state index in [2.05, 4.69) is 16.0 Å². The molecule has 31 heavy (non-hydrogen) atoms. The van der Waals surface area contributed by atoms with Crippen LogP contribution in [0, 0.1) is 6.92 Å². The van der Waals surface area contributed by atoms with E-state index in [0.717, 1.165) is 22.3 Å². The van der Waals surface area contributed by atoms with Crippen molar-refractivity contribution in [3.63, 3.8) is 0 Å². The largest absolute Gasteiger partial charge is 0.334 e. The first-order valence-electron chi connectivity index (χ1n) is 9.84. The van der Waals surface area contributed by atoms with E-state index in [1.54, 1.807) is 0 Å². The van der Waals surface area contributed by atoms with Crippen LogP contribution < -0.4 is 16.0 Å². The minimum atomic E-state index is -0.643. The van der Waals surface area contributed by atoms with Gasteiger partial charge in [-0.15, -0.1) is 11.3 Å². The third kappa shape index (κ3) is 4.42. The summed E-state index contributed by atoms with van der Waals surface area (Å²) < 4.78 is 0. The van der Waals surface area contributed by atoms with Crippen molar-refractivity contribution in [3.05, 3.63) is 55.7 Å². The summed E-state index contributed by atoms with van der Waals surface area (Å²) in [4.78, 5) is 50.6. The van der Waals surface area contributed by atoms with Crippen molar-refractivity contribution >= 4 is 46.7 Å². The number of nitrogens with zero attached hydrogens (tertiary/aromatic N) is 1.